The Morgan fingerprint density at radius 2 is 1.92 bits per heavy atom. The first kappa shape index (κ1) is 17.2. The normalized spacial score (nSPS) is 17.2. The second kappa shape index (κ2) is 8.98. The third-order valence-electron chi connectivity index (χ3n) is 4.12. The minimum atomic E-state index is -0.123. The molecule has 0 saturated carbocycles. The molecule has 0 spiro atoms. The van der Waals surface area contributed by atoms with Crippen molar-refractivity contribution in [2.45, 2.75) is 19.0 Å². The van der Waals surface area contributed by atoms with Gasteiger partial charge in [-0.15, -0.1) is 0 Å². The van der Waals surface area contributed by atoms with E-state index in [2.05, 4.69) is 55.1 Å². The number of likely N-dealkylation sites (tertiary alicyclic amines) is 1. The maximum atomic E-state index is 12.0. The van der Waals surface area contributed by atoms with E-state index in [1.165, 1.54) is 5.56 Å². The number of hydrogen-bond donors (Lipinski definition) is 3. The highest BCUT2D eigenvalue weighted by atomic mass is 16.2. The molecule has 0 radical (unpaired) electrons. The van der Waals surface area contributed by atoms with Crippen molar-refractivity contribution < 1.29 is 4.79 Å². The van der Waals surface area contributed by atoms with Crippen molar-refractivity contribution in [3.05, 3.63) is 54.4 Å². The van der Waals surface area contributed by atoms with E-state index in [4.69, 9.17) is 0 Å². The molecule has 1 aromatic carbocycles. The first-order valence-electron chi connectivity index (χ1n) is 8.61. The summed E-state index contributed by atoms with van der Waals surface area (Å²) >= 11 is 0. The lowest BCUT2D eigenvalue weighted by atomic mass is 10.2. The van der Waals surface area contributed by atoms with Crippen molar-refractivity contribution in [3.8, 4) is 0 Å². The van der Waals surface area contributed by atoms with Gasteiger partial charge < -0.3 is 16.0 Å². The van der Waals surface area contributed by atoms with E-state index >= 15 is 0 Å². The van der Waals surface area contributed by atoms with Gasteiger partial charge in [0.2, 0.25) is 5.95 Å². The number of urea groups is 1. The van der Waals surface area contributed by atoms with Gasteiger partial charge in [0, 0.05) is 51.2 Å². The second-order valence-corrected chi connectivity index (χ2v) is 6.11. The summed E-state index contributed by atoms with van der Waals surface area (Å²) in [4.78, 5) is 22.5. The van der Waals surface area contributed by atoms with Crippen LogP contribution in [0.4, 0.5) is 10.7 Å². The first-order chi connectivity index (χ1) is 12.3. The van der Waals surface area contributed by atoms with Crippen LogP contribution in [0.5, 0.6) is 0 Å². The third-order valence-corrected chi connectivity index (χ3v) is 4.12. The van der Waals surface area contributed by atoms with Gasteiger partial charge in [0.25, 0.3) is 0 Å². The topological polar surface area (TPSA) is 82.2 Å². The molecule has 3 N–H and O–H groups in total. The highest BCUT2D eigenvalue weighted by Crippen LogP contribution is 2.13. The van der Waals surface area contributed by atoms with Crippen LogP contribution in [0, 0.1) is 0 Å². The number of hydrogen-bond acceptors (Lipinski definition) is 5. The molecule has 1 atom stereocenters. The van der Waals surface area contributed by atoms with Gasteiger partial charge in [0.15, 0.2) is 0 Å². The summed E-state index contributed by atoms with van der Waals surface area (Å²) in [5.41, 5.74) is 1.31. The Morgan fingerprint density at radius 1 is 1.12 bits per heavy atom. The molecule has 1 aliphatic rings. The summed E-state index contributed by atoms with van der Waals surface area (Å²) in [5.74, 6) is 0.567. The average Bonchev–Trinajstić information content (AvgIpc) is 3.07. The van der Waals surface area contributed by atoms with E-state index in [9.17, 15) is 4.79 Å². The van der Waals surface area contributed by atoms with Crippen molar-refractivity contribution in [2.75, 3.05) is 31.5 Å². The standard InChI is InChI=1S/C18H24N6O/c25-18(22-11-10-21-17-19-8-4-9-20-17)23-16-7-12-24(14-16)13-15-5-2-1-3-6-15/h1-6,8-9,16H,7,10-14H2,(H,19,20,21)(H2,22,23,25)/t16-/m1/s1. The fraction of sp³-hybridized carbons (Fsp3) is 0.389. The lowest BCUT2D eigenvalue weighted by Crippen LogP contribution is -2.44. The van der Waals surface area contributed by atoms with Gasteiger partial charge in [-0.25, -0.2) is 14.8 Å². The van der Waals surface area contributed by atoms with Gasteiger partial charge in [-0.05, 0) is 18.1 Å². The summed E-state index contributed by atoms with van der Waals surface area (Å²) in [6.07, 6.45) is 4.34. The Bertz CT molecular complexity index is 651. The molecule has 1 fully saturated rings. The van der Waals surface area contributed by atoms with E-state index in [1.807, 2.05) is 6.07 Å². The van der Waals surface area contributed by atoms with Gasteiger partial charge in [-0.3, -0.25) is 4.90 Å². The minimum absolute atomic E-state index is 0.123. The van der Waals surface area contributed by atoms with Crippen molar-refractivity contribution in [2.24, 2.45) is 0 Å². The molecule has 0 bridgehead atoms. The molecular weight excluding hydrogens is 316 g/mol. The number of benzene rings is 1. The van der Waals surface area contributed by atoms with Crippen molar-refractivity contribution >= 4 is 12.0 Å². The second-order valence-electron chi connectivity index (χ2n) is 6.11. The maximum Gasteiger partial charge on any atom is 0.315 e. The van der Waals surface area contributed by atoms with Crippen molar-refractivity contribution in [1.29, 1.82) is 0 Å². The summed E-state index contributed by atoms with van der Waals surface area (Å²) in [7, 11) is 0. The molecule has 1 aliphatic heterocycles. The lowest BCUT2D eigenvalue weighted by Gasteiger charge is -2.17. The summed E-state index contributed by atoms with van der Waals surface area (Å²) in [6, 6.07) is 12.3. The van der Waals surface area contributed by atoms with E-state index in [1.54, 1.807) is 18.5 Å². The molecule has 25 heavy (non-hydrogen) atoms. The smallest absolute Gasteiger partial charge is 0.315 e. The van der Waals surface area contributed by atoms with E-state index < -0.39 is 0 Å². The van der Waals surface area contributed by atoms with Crippen LogP contribution in [0.25, 0.3) is 0 Å². The third kappa shape index (κ3) is 5.72. The largest absolute Gasteiger partial charge is 0.352 e. The van der Waals surface area contributed by atoms with Gasteiger partial charge in [-0.1, -0.05) is 30.3 Å². The molecule has 1 aromatic heterocycles. The van der Waals surface area contributed by atoms with Crippen LogP contribution in [-0.4, -0.2) is 53.1 Å². The number of rotatable bonds is 7. The zero-order chi connectivity index (χ0) is 17.3. The molecule has 3 rings (SSSR count). The number of nitrogens with one attached hydrogen (secondary N) is 3. The molecule has 0 aliphatic carbocycles. The Balaban J connectivity index is 1.31. The fourth-order valence-corrected chi connectivity index (χ4v) is 2.91. The van der Waals surface area contributed by atoms with Crippen LogP contribution in [-0.2, 0) is 6.54 Å². The van der Waals surface area contributed by atoms with Crippen molar-refractivity contribution in [1.82, 2.24) is 25.5 Å². The number of amides is 2. The Morgan fingerprint density at radius 3 is 2.72 bits per heavy atom. The van der Waals surface area contributed by atoms with Gasteiger partial charge in [0.1, 0.15) is 0 Å². The zero-order valence-corrected chi connectivity index (χ0v) is 14.2. The summed E-state index contributed by atoms with van der Waals surface area (Å²) in [6.45, 7) is 3.93. The highest BCUT2D eigenvalue weighted by molar-refractivity contribution is 5.74. The Labute approximate surface area is 147 Å². The SMILES string of the molecule is O=C(NCCNc1ncccn1)N[C@@H]1CCN(Cc2ccccc2)C1. The zero-order valence-electron chi connectivity index (χ0n) is 14.2. The fourth-order valence-electron chi connectivity index (χ4n) is 2.91. The van der Waals surface area contributed by atoms with E-state index in [0.29, 0.717) is 19.0 Å². The molecule has 7 heteroatoms. The first-order valence-corrected chi connectivity index (χ1v) is 8.61. The van der Waals surface area contributed by atoms with Crippen LogP contribution in [0.2, 0.25) is 0 Å². The Kier molecular flexibility index (Phi) is 6.17. The Hall–Kier alpha value is -2.67. The van der Waals surface area contributed by atoms with E-state index in [0.717, 1.165) is 26.1 Å². The van der Waals surface area contributed by atoms with E-state index in [-0.39, 0.29) is 12.1 Å². The number of carbonyl (C=O) groups excluding carboxylic acids is 1. The number of carbonyl (C=O) groups is 1. The molecule has 7 nitrogen and oxygen atoms in total. The molecule has 2 amide bonds. The average molecular weight is 340 g/mol. The molecule has 1 saturated heterocycles. The van der Waals surface area contributed by atoms with Crippen LogP contribution in [0.15, 0.2) is 48.8 Å². The minimum Gasteiger partial charge on any atom is -0.352 e. The number of nitrogens with zero attached hydrogens (tertiary/aromatic N) is 3. The van der Waals surface area contributed by atoms with Gasteiger partial charge >= 0.3 is 6.03 Å². The monoisotopic (exact) mass is 340 g/mol. The molecular formula is C18H24N6O. The van der Waals surface area contributed by atoms with Crippen LogP contribution >= 0.6 is 0 Å². The predicted molar refractivity (Wildman–Crippen MR) is 97.2 cm³/mol. The van der Waals surface area contributed by atoms with Crippen LogP contribution in [0.1, 0.15) is 12.0 Å². The summed E-state index contributed by atoms with van der Waals surface area (Å²) < 4.78 is 0. The van der Waals surface area contributed by atoms with Crippen molar-refractivity contribution in [3.63, 3.8) is 0 Å². The molecule has 0 unspecified atom stereocenters. The molecule has 132 valence electrons. The predicted octanol–water partition coefficient (Wildman–Crippen LogP) is 1.46. The highest BCUT2D eigenvalue weighted by Gasteiger charge is 2.23. The quantitative estimate of drug-likeness (QED) is 0.665. The van der Waals surface area contributed by atoms with Gasteiger partial charge in [-0.2, -0.15) is 0 Å². The maximum absolute atomic E-state index is 12.0. The van der Waals surface area contributed by atoms with Gasteiger partial charge in [0.05, 0.1) is 0 Å². The lowest BCUT2D eigenvalue weighted by molar-refractivity contribution is 0.236. The number of aromatic nitrogens is 2. The number of anilines is 1. The molecule has 2 heterocycles. The summed E-state index contributed by atoms with van der Waals surface area (Å²) in [5, 5.41) is 8.96. The van der Waals surface area contributed by atoms with Crippen LogP contribution < -0.4 is 16.0 Å². The molecule has 2 aromatic rings. The van der Waals surface area contributed by atoms with Crippen LogP contribution in [0.3, 0.4) is 0 Å².